The second-order valence-electron chi connectivity index (χ2n) is 19.7. The minimum atomic E-state index is -0.912. The Balaban J connectivity index is 1.24. The van der Waals surface area contributed by atoms with Crippen LogP contribution in [0.5, 0.6) is 0 Å². The smallest absolute Gasteiger partial charge is 0.431 e. The largest absolute Gasteiger partial charge is 0.508 e. The van der Waals surface area contributed by atoms with Crippen molar-refractivity contribution in [3.63, 3.8) is 0 Å². The van der Waals surface area contributed by atoms with Crippen LogP contribution in [0.4, 0.5) is 4.79 Å². The summed E-state index contributed by atoms with van der Waals surface area (Å²) in [6, 6.07) is 34.2. The van der Waals surface area contributed by atoms with Gasteiger partial charge in [-0.05, 0) is 59.4 Å². The number of hydrogen-bond acceptors (Lipinski definition) is 9. The first-order chi connectivity index (χ1) is 35.5. The third-order valence-corrected chi connectivity index (χ3v) is 13.5. The van der Waals surface area contributed by atoms with Crippen LogP contribution in [-0.4, -0.2) is 43.5 Å². The third kappa shape index (κ3) is 27.2. The van der Waals surface area contributed by atoms with Gasteiger partial charge in [0.1, 0.15) is 25.4 Å². The molecular weight excluding hydrogens is 901 g/mol. The monoisotopic (exact) mass is 991 g/mol. The maximum atomic E-state index is 13.1. The van der Waals surface area contributed by atoms with E-state index in [9.17, 15) is 14.4 Å². The predicted molar refractivity (Wildman–Crippen MR) is 291 cm³/mol. The highest BCUT2D eigenvalue weighted by Gasteiger charge is 2.21. The number of carbonyl (C=O) groups is 3. The molecule has 0 aliphatic rings. The van der Waals surface area contributed by atoms with Gasteiger partial charge in [-0.25, -0.2) is 14.4 Å². The summed E-state index contributed by atoms with van der Waals surface area (Å²) in [7, 11) is 0. The first kappa shape index (κ1) is 59.6. The zero-order chi connectivity index (χ0) is 50.9. The Morgan fingerprint density at radius 3 is 0.889 bits per heavy atom. The van der Waals surface area contributed by atoms with Crippen molar-refractivity contribution >= 4 is 18.1 Å². The molecule has 0 fully saturated rings. The Morgan fingerprint density at radius 1 is 0.333 bits per heavy atom. The van der Waals surface area contributed by atoms with Crippen molar-refractivity contribution in [2.24, 2.45) is 0 Å². The van der Waals surface area contributed by atoms with E-state index in [1.165, 1.54) is 141 Å². The molecule has 0 N–H and O–H groups in total. The highest BCUT2D eigenvalue weighted by atomic mass is 17.2. The number of hydrogen-bond donors (Lipinski definition) is 0. The molecule has 0 saturated heterocycles. The van der Waals surface area contributed by atoms with Gasteiger partial charge < -0.3 is 9.47 Å². The van der Waals surface area contributed by atoms with Crippen LogP contribution in [0, 0.1) is 0 Å². The lowest BCUT2D eigenvalue weighted by atomic mass is 10.0. The zero-order valence-corrected chi connectivity index (χ0v) is 44.3. The van der Waals surface area contributed by atoms with Gasteiger partial charge in [0.2, 0.25) is 0 Å². The van der Waals surface area contributed by atoms with Gasteiger partial charge in [0, 0.05) is 0 Å². The van der Waals surface area contributed by atoms with E-state index in [2.05, 4.69) is 13.8 Å². The molecule has 0 radical (unpaired) electrons. The van der Waals surface area contributed by atoms with E-state index < -0.39 is 30.3 Å². The van der Waals surface area contributed by atoms with Crippen LogP contribution in [0.2, 0.25) is 0 Å². The molecule has 9 nitrogen and oxygen atoms in total. The average molecular weight is 991 g/mol. The molecule has 396 valence electrons. The third-order valence-electron chi connectivity index (χ3n) is 13.5. The molecule has 4 aromatic carbocycles. The summed E-state index contributed by atoms with van der Waals surface area (Å²) in [6.45, 7) is 4.18. The van der Waals surface area contributed by atoms with Crippen LogP contribution in [0.25, 0.3) is 22.3 Å². The van der Waals surface area contributed by atoms with E-state index in [1.807, 2.05) is 84.9 Å². The summed E-state index contributed by atoms with van der Waals surface area (Å²) < 4.78 is 11.1. The average Bonchev–Trinajstić information content (AvgIpc) is 3.42. The Kier molecular flexibility index (Phi) is 32.7. The van der Waals surface area contributed by atoms with Crippen molar-refractivity contribution < 1.29 is 43.4 Å². The lowest BCUT2D eigenvalue weighted by Gasteiger charge is -2.18. The topological polar surface area (TPSA) is 107 Å². The second kappa shape index (κ2) is 39.5. The van der Waals surface area contributed by atoms with Crippen LogP contribution in [0.3, 0.4) is 0 Å². The van der Waals surface area contributed by atoms with E-state index in [-0.39, 0.29) is 13.2 Å². The summed E-state index contributed by atoms with van der Waals surface area (Å²) in [5.74, 6) is -1.26. The standard InChI is InChI=1S/C63H90O9/c1-3-5-7-9-11-13-15-17-19-21-23-25-27-35-41-59(69-71-61(64)57-47-43-55(44-48-57)53-37-31-29-32-38-53)51-67-63(66)68-52-60(42-36-28-26-24-22-20-18-16-14-12-10-8-6-4-2)70-72-62(65)58-49-45-56(46-50-58)54-39-33-30-34-40-54/h29-34,37-40,43-50,59-60H,3-28,35-36,41-42,51-52H2,1-2H3. The van der Waals surface area contributed by atoms with Crippen LogP contribution < -0.4 is 0 Å². The molecule has 0 bridgehead atoms. The van der Waals surface area contributed by atoms with Gasteiger partial charge in [-0.15, -0.1) is 0 Å². The molecule has 2 unspecified atom stereocenters. The fourth-order valence-corrected chi connectivity index (χ4v) is 8.99. The van der Waals surface area contributed by atoms with Gasteiger partial charge in [-0.1, -0.05) is 279 Å². The summed E-state index contributed by atoms with van der Waals surface area (Å²) in [4.78, 5) is 61.3. The molecule has 72 heavy (non-hydrogen) atoms. The molecular formula is C63H90O9. The SMILES string of the molecule is CCCCCCCCCCCCCCCCC(COC(=O)OCC(CCCCCCCCCCCCCCCC)OOC(=O)c1ccc(-c2ccccc2)cc1)OOC(=O)c1ccc(-c2ccccc2)cc1. The molecule has 0 spiro atoms. The van der Waals surface area contributed by atoms with Crippen LogP contribution in [-0.2, 0) is 29.0 Å². The number of unbranched alkanes of at least 4 members (excludes halogenated alkanes) is 26. The lowest BCUT2D eigenvalue weighted by molar-refractivity contribution is -0.285. The van der Waals surface area contributed by atoms with E-state index in [1.54, 1.807) is 24.3 Å². The summed E-state index contributed by atoms with van der Waals surface area (Å²) in [6.07, 6.45) is 33.4. The highest BCUT2D eigenvalue weighted by Crippen LogP contribution is 2.23. The molecule has 0 aliphatic carbocycles. The van der Waals surface area contributed by atoms with E-state index in [4.69, 9.17) is 29.0 Å². The molecule has 9 heteroatoms. The quantitative estimate of drug-likeness (QED) is 0.0186. The van der Waals surface area contributed by atoms with E-state index in [0.717, 1.165) is 60.8 Å². The molecule has 0 amide bonds. The van der Waals surface area contributed by atoms with Crippen molar-refractivity contribution in [3.8, 4) is 22.3 Å². The van der Waals surface area contributed by atoms with Crippen LogP contribution >= 0.6 is 0 Å². The molecule has 0 saturated carbocycles. The molecule has 0 aromatic heterocycles. The molecule has 0 heterocycles. The maximum absolute atomic E-state index is 13.1. The van der Waals surface area contributed by atoms with Gasteiger partial charge >= 0.3 is 18.1 Å². The molecule has 0 aliphatic heterocycles. The van der Waals surface area contributed by atoms with Gasteiger partial charge in [-0.2, -0.15) is 9.78 Å². The van der Waals surface area contributed by atoms with Crippen molar-refractivity contribution in [2.45, 2.75) is 219 Å². The highest BCUT2D eigenvalue weighted by molar-refractivity contribution is 5.90. The minimum Gasteiger partial charge on any atom is -0.431 e. The number of rotatable bonds is 42. The van der Waals surface area contributed by atoms with Crippen molar-refractivity contribution in [1.82, 2.24) is 0 Å². The summed E-state index contributed by atoms with van der Waals surface area (Å²) >= 11 is 0. The second-order valence-corrected chi connectivity index (χ2v) is 19.7. The van der Waals surface area contributed by atoms with E-state index >= 15 is 0 Å². The Hall–Kier alpha value is -4.99. The predicted octanol–water partition coefficient (Wildman–Crippen LogP) is 18.5. The number of carbonyl (C=O) groups excluding carboxylic acids is 3. The fourth-order valence-electron chi connectivity index (χ4n) is 8.99. The van der Waals surface area contributed by atoms with Gasteiger partial charge in [0.05, 0.1) is 11.1 Å². The van der Waals surface area contributed by atoms with Gasteiger partial charge in [-0.3, -0.25) is 9.78 Å². The molecule has 4 aromatic rings. The fraction of sp³-hybridized carbons (Fsp3) is 0.571. The summed E-state index contributed by atoms with van der Waals surface area (Å²) in [5.41, 5.74) is 4.75. The minimum absolute atomic E-state index is 0.171. The Bertz CT molecular complexity index is 1810. The van der Waals surface area contributed by atoms with Crippen molar-refractivity contribution in [2.75, 3.05) is 13.2 Å². The maximum Gasteiger partial charge on any atom is 0.508 e. The Labute approximate surface area is 434 Å². The first-order valence-electron chi connectivity index (χ1n) is 28.3. The van der Waals surface area contributed by atoms with E-state index in [0.29, 0.717) is 24.0 Å². The zero-order valence-electron chi connectivity index (χ0n) is 44.3. The molecule has 4 rings (SSSR count). The molecule has 2 atom stereocenters. The lowest BCUT2D eigenvalue weighted by Crippen LogP contribution is -2.27. The van der Waals surface area contributed by atoms with Gasteiger partial charge in [0.25, 0.3) is 0 Å². The first-order valence-corrected chi connectivity index (χ1v) is 28.3. The Morgan fingerprint density at radius 2 is 0.597 bits per heavy atom. The van der Waals surface area contributed by atoms with Crippen LogP contribution in [0.15, 0.2) is 109 Å². The number of benzene rings is 4. The number of ether oxygens (including phenoxy) is 2. The van der Waals surface area contributed by atoms with Gasteiger partial charge in [0.15, 0.2) is 0 Å². The van der Waals surface area contributed by atoms with Crippen molar-refractivity contribution in [1.29, 1.82) is 0 Å². The normalized spacial score (nSPS) is 12.0. The summed E-state index contributed by atoms with van der Waals surface area (Å²) in [5, 5.41) is 0. The van der Waals surface area contributed by atoms with Crippen molar-refractivity contribution in [3.05, 3.63) is 120 Å². The van der Waals surface area contributed by atoms with Crippen LogP contribution in [0.1, 0.15) is 227 Å².